The lowest BCUT2D eigenvalue weighted by Crippen LogP contribution is -2.48. The quantitative estimate of drug-likeness (QED) is 0.655. The van der Waals surface area contributed by atoms with Gasteiger partial charge in [-0.3, -0.25) is 14.4 Å². The molecule has 0 aromatic rings. The molecule has 0 amide bonds. The Morgan fingerprint density at radius 2 is 1.41 bits per heavy atom. The van der Waals surface area contributed by atoms with Crippen molar-refractivity contribution in [3.8, 4) is 0 Å². The van der Waals surface area contributed by atoms with Crippen LogP contribution in [0.15, 0.2) is 0 Å². The highest BCUT2D eigenvalue weighted by atomic mass is 32.2. The fraction of sp³-hybridized carbons (Fsp3) is 1.00. The van der Waals surface area contributed by atoms with Crippen LogP contribution in [0.1, 0.15) is 13.8 Å². The summed E-state index contributed by atoms with van der Waals surface area (Å²) in [6, 6.07) is 0. The maximum absolute atomic E-state index is 10.5. The van der Waals surface area contributed by atoms with Crippen molar-refractivity contribution in [2.75, 3.05) is 51.6 Å². The predicted octanol–water partition coefficient (Wildman–Crippen LogP) is -0.490. The number of aliphatic hydroxyl groups is 1. The molecule has 0 aromatic heterocycles. The highest BCUT2D eigenvalue weighted by Gasteiger charge is 2.17. The third kappa shape index (κ3) is 8.50. The number of β-amino-alcohol motifs (C(OH)–C–C–N with tert-alkyl or cyclic N) is 1. The topological polar surface area (TPSA) is 81.1 Å². The second kappa shape index (κ2) is 8.82. The molecule has 1 aliphatic rings. The fourth-order valence-corrected chi connectivity index (χ4v) is 2.11. The molecule has 0 radical (unpaired) electrons. The minimum atomic E-state index is -3.84. The number of piperazine rings is 1. The van der Waals surface area contributed by atoms with Gasteiger partial charge < -0.3 is 5.11 Å². The molecular weight excluding hydrogens is 244 g/mol. The molecule has 1 rings (SSSR count). The van der Waals surface area contributed by atoms with Crippen molar-refractivity contribution in [1.82, 2.24) is 9.80 Å². The third-order valence-corrected chi connectivity index (χ3v) is 3.25. The van der Waals surface area contributed by atoms with Crippen molar-refractivity contribution in [2.45, 2.75) is 13.8 Å². The van der Waals surface area contributed by atoms with Crippen molar-refractivity contribution >= 4 is 10.1 Å². The second-order valence-corrected chi connectivity index (χ2v) is 5.27. The monoisotopic (exact) mass is 268 g/mol. The van der Waals surface area contributed by atoms with Crippen LogP contribution >= 0.6 is 0 Å². The Labute approximate surface area is 104 Å². The molecule has 1 saturated heterocycles. The molecule has 104 valence electrons. The van der Waals surface area contributed by atoms with Crippen LogP contribution in [0.25, 0.3) is 0 Å². The maximum Gasteiger partial charge on any atom is 0.266 e. The largest absolute Gasteiger partial charge is 0.395 e. The summed E-state index contributed by atoms with van der Waals surface area (Å²) < 4.78 is 29.6. The SMILES string of the molecule is CC.O=S(=O)(O)CCN1CCN(CCO)CC1. The van der Waals surface area contributed by atoms with Crippen molar-refractivity contribution in [3.05, 3.63) is 0 Å². The Morgan fingerprint density at radius 1 is 1.00 bits per heavy atom. The molecule has 1 heterocycles. The van der Waals surface area contributed by atoms with E-state index in [-0.39, 0.29) is 12.4 Å². The van der Waals surface area contributed by atoms with Gasteiger partial charge in [0.15, 0.2) is 0 Å². The average Bonchev–Trinajstić information content (AvgIpc) is 2.30. The van der Waals surface area contributed by atoms with E-state index in [0.29, 0.717) is 13.1 Å². The molecule has 0 atom stereocenters. The van der Waals surface area contributed by atoms with Crippen LogP contribution in [0.5, 0.6) is 0 Å². The molecule has 1 fully saturated rings. The maximum atomic E-state index is 10.5. The van der Waals surface area contributed by atoms with Gasteiger partial charge in [0.1, 0.15) is 0 Å². The van der Waals surface area contributed by atoms with E-state index < -0.39 is 10.1 Å². The normalized spacial score (nSPS) is 18.6. The van der Waals surface area contributed by atoms with E-state index in [0.717, 1.165) is 26.2 Å². The molecule has 7 heteroatoms. The van der Waals surface area contributed by atoms with Gasteiger partial charge in [-0.15, -0.1) is 0 Å². The van der Waals surface area contributed by atoms with Gasteiger partial charge in [0, 0.05) is 39.3 Å². The molecule has 6 nitrogen and oxygen atoms in total. The Balaban J connectivity index is 0.00000121. The van der Waals surface area contributed by atoms with Crippen LogP contribution in [0.2, 0.25) is 0 Å². The number of hydrogen-bond donors (Lipinski definition) is 2. The average molecular weight is 268 g/mol. The van der Waals surface area contributed by atoms with E-state index in [1.807, 2.05) is 18.7 Å². The van der Waals surface area contributed by atoms with Gasteiger partial charge in [-0.1, -0.05) is 13.8 Å². The van der Waals surface area contributed by atoms with Gasteiger partial charge in [-0.25, -0.2) is 0 Å². The first-order chi connectivity index (χ1) is 8.01. The zero-order chi connectivity index (χ0) is 13.3. The lowest BCUT2D eigenvalue weighted by Gasteiger charge is -2.33. The molecule has 0 spiro atoms. The summed E-state index contributed by atoms with van der Waals surface area (Å²) in [4.78, 5) is 4.13. The Morgan fingerprint density at radius 3 is 1.76 bits per heavy atom. The first-order valence-corrected chi connectivity index (χ1v) is 7.63. The highest BCUT2D eigenvalue weighted by Crippen LogP contribution is 2.01. The van der Waals surface area contributed by atoms with Crippen LogP contribution in [-0.2, 0) is 10.1 Å². The lowest BCUT2D eigenvalue weighted by molar-refractivity contribution is 0.116. The molecule has 0 saturated carbocycles. The minimum absolute atomic E-state index is 0.158. The molecule has 2 N–H and O–H groups in total. The van der Waals surface area contributed by atoms with Crippen LogP contribution in [0.4, 0.5) is 0 Å². The van der Waals surface area contributed by atoms with Crippen LogP contribution < -0.4 is 0 Å². The van der Waals surface area contributed by atoms with Crippen molar-refractivity contribution in [3.63, 3.8) is 0 Å². The summed E-state index contributed by atoms with van der Waals surface area (Å²) in [5.41, 5.74) is 0. The van der Waals surface area contributed by atoms with Gasteiger partial charge in [0.25, 0.3) is 10.1 Å². The van der Waals surface area contributed by atoms with Crippen LogP contribution in [-0.4, -0.2) is 79.5 Å². The standard InChI is InChI=1S/C8H18N2O4S.C2H6/c11-7-5-9-1-3-10(4-2-9)6-8-15(12,13)14;1-2/h11H,1-8H2,(H,12,13,14);1-2H3. The third-order valence-electron chi connectivity index (χ3n) is 2.55. The zero-order valence-electron chi connectivity index (χ0n) is 10.7. The van der Waals surface area contributed by atoms with Gasteiger partial charge >= 0.3 is 0 Å². The summed E-state index contributed by atoms with van der Waals surface area (Å²) in [5, 5.41) is 8.73. The first-order valence-electron chi connectivity index (χ1n) is 6.02. The van der Waals surface area contributed by atoms with E-state index in [1.54, 1.807) is 0 Å². The lowest BCUT2D eigenvalue weighted by atomic mass is 10.3. The van der Waals surface area contributed by atoms with Gasteiger partial charge in [-0.2, -0.15) is 8.42 Å². The minimum Gasteiger partial charge on any atom is -0.395 e. The number of aliphatic hydroxyl groups excluding tert-OH is 1. The van der Waals surface area contributed by atoms with E-state index in [1.165, 1.54) is 0 Å². The smallest absolute Gasteiger partial charge is 0.266 e. The molecule has 0 bridgehead atoms. The number of nitrogens with zero attached hydrogens (tertiary/aromatic N) is 2. The Hall–Kier alpha value is -0.210. The van der Waals surface area contributed by atoms with E-state index in [4.69, 9.17) is 9.66 Å². The van der Waals surface area contributed by atoms with Crippen molar-refractivity contribution in [2.24, 2.45) is 0 Å². The molecule has 17 heavy (non-hydrogen) atoms. The fourth-order valence-electron chi connectivity index (χ4n) is 1.62. The zero-order valence-corrected chi connectivity index (χ0v) is 11.5. The molecular formula is C10H24N2O4S. The van der Waals surface area contributed by atoms with Crippen molar-refractivity contribution < 1.29 is 18.1 Å². The Kier molecular flexibility index (Phi) is 8.71. The van der Waals surface area contributed by atoms with Crippen molar-refractivity contribution in [1.29, 1.82) is 0 Å². The van der Waals surface area contributed by atoms with E-state index in [2.05, 4.69) is 4.90 Å². The van der Waals surface area contributed by atoms with Crippen LogP contribution in [0, 0.1) is 0 Å². The van der Waals surface area contributed by atoms with Gasteiger partial charge in [0.2, 0.25) is 0 Å². The van der Waals surface area contributed by atoms with E-state index >= 15 is 0 Å². The molecule has 0 aliphatic carbocycles. The molecule has 1 aliphatic heterocycles. The van der Waals surface area contributed by atoms with E-state index in [9.17, 15) is 8.42 Å². The highest BCUT2D eigenvalue weighted by molar-refractivity contribution is 7.85. The summed E-state index contributed by atoms with van der Waals surface area (Å²) in [7, 11) is -3.84. The van der Waals surface area contributed by atoms with Gasteiger partial charge in [0.05, 0.1) is 12.4 Å². The van der Waals surface area contributed by atoms with Crippen LogP contribution in [0.3, 0.4) is 0 Å². The predicted molar refractivity (Wildman–Crippen MR) is 67.7 cm³/mol. The molecule has 0 unspecified atom stereocenters. The Bertz CT molecular complexity index is 274. The first kappa shape index (κ1) is 16.8. The summed E-state index contributed by atoms with van der Waals surface area (Å²) in [5.74, 6) is -0.201. The summed E-state index contributed by atoms with van der Waals surface area (Å²) >= 11 is 0. The summed E-state index contributed by atoms with van der Waals surface area (Å²) in [6.45, 7) is 8.46. The number of hydrogen-bond acceptors (Lipinski definition) is 5. The van der Waals surface area contributed by atoms with Gasteiger partial charge in [-0.05, 0) is 0 Å². The number of rotatable bonds is 5. The second-order valence-electron chi connectivity index (χ2n) is 3.69. The summed E-state index contributed by atoms with van der Waals surface area (Å²) in [6.07, 6.45) is 0. The molecule has 0 aromatic carbocycles.